The number of carboxylic acid groups (broad SMARTS) is 1. The third-order valence-electron chi connectivity index (χ3n) is 2.77. The second-order valence-electron chi connectivity index (χ2n) is 4.21. The smallest absolute Gasteiger partial charge is 0.326 e. The summed E-state index contributed by atoms with van der Waals surface area (Å²) in [5.41, 5.74) is 1.84. The maximum Gasteiger partial charge on any atom is 0.326 e. The van der Waals surface area contributed by atoms with Gasteiger partial charge < -0.3 is 14.9 Å². The molecule has 100 valence electrons. The van der Waals surface area contributed by atoms with E-state index >= 15 is 0 Å². The topological polar surface area (TPSA) is 94.8 Å². The van der Waals surface area contributed by atoms with E-state index in [0.717, 1.165) is 17.5 Å². The summed E-state index contributed by atoms with van der Waals surface area (Å²) in [6.45, 7) is 1.96. The Morgan fingerprint density at radius 1 is 1.28 bits per heavy atom. The number of carbonyl (C=O) groups is 1. The minimum atomic E-state index is -4.32. The van der Waals surface area contributed by atoms with E-state index in [1.807, 2.05) is 19.1 Å². The van der Waals surface area contributed by atoms with Crippen LogP contribution in [0.15, 0.2) is 24.3 Å². The standard InChI is InChI=1S/C12H17O5P/c1-2-9-5-3-4-6-10(9)7-11(12(13)14)8-18(15,16)17/h3-6,11H,2,7-8H2,1H3,(H,13,14)(H2,15,16,17). The molecule has 1 aromatic rings. The van der Waals surface area contributed by atoms with Crippen molar-refractivity contribution >= 4 is 13.6 Å². The Balaban J connectivity index is 2.90. The van der Waals surface area contributed by atoms with E-state index in [9.17, 15) is 9.36 Å². The van der Waals surface area contributed by atoms with Gasteiger partial charge in [0.05, 0.1) is 12.1 Å². The lowest BCUT2D eigenvalue weighted by Crippen LogP contribution is -2.21. The summed E-state index contributed by atoms with van der Waals surface area (Å²) in [7, 11) is -4.32. The average molecular weight is 272 g/mol. The summed E-state index contributed by atoms with van der Waals surface area (Å²) < 4.78 is 10.9. The molecule has 0 aromatic heterocycles. The van der Waals surface area contributed by atoms with Gasteiger partial charge >= 0.3 is 13.6 Å². The maximum absolute atomic E-state index is 11.0. The van der Waals surface area contributed by atoms with E-state index in [-0.39, 0.29) is 6.42 Å². The van der Waals surface area contributed by atoms with Gasteiger partial charge in [0.15, 0.2) is 0 Å². The molecule has 0 bridgehead atoms. The van der Waals surface area contributed by atoms with Crippen LogP contribution in [0.5, 0.6) is 0 Å². The molecule has 0 aliphatic carbocycles. The van der Waals surface area contributed by atoms with E-state index in [1.54, 1.807) is 12.1 Å². The van der Waals surface area contributed by atoms with E-state index in [0.29, 0.717) is 0 Å². The summed E-state index contributed by atoms with van der Waals surface area (Å²) in [4.78, 5) is 28.8. The third kappa shape index (κ3) is 4.61. The van der Waals surface area contributed by atoms with Gasteiger partial charge in [0.25, 0.3) is 0 Å². The van der Waals surface area contributed by atoms with Crippen LogP contribution >= 0.6 is 7.60 Å². The van der Waals surface area contributed by atoms with Gasteiger partial charge in [0.2, 0.25) is 0 Å². The lowest BCUT2D eigenvalue weighted by Gasteiger charge is -2.15. The quantitative estimate of drug-likeness (QED) is 0.685. The summed E-state index contributed by atoms with van der Waals surface area (Å²) in [6.07, 6.45) is 0.281. The number of aryl methyl sites for hydroxylation is 1. The van der Waals surface area contributed by atoms with E-state index in [1.165, 1.54) is 0 Å². The molecular weight excluding hydrogens is 255 g/mol. The van der Waals surface area contributed by atoms with Crippen molar-refractivity contribution in [2.45, 2.75) is 19.8 Å². The van der Waals surface area contributed by atoms with Crippen molar-refractivity contribution in [3.63, 3.8) is 0 Å². The van der Waals surface area contributed by atoms with Crippen molar-refractivity contribution < 1.29 is 24.3 Å². The molecule has 5 nitrogen and oxygen atoms in total. The zero-order valence-electron chi connectivity index (χ0n) is 10.1. The molecule has 1 atom stereocenters. The van der Waals surface area contributed by atoms with Crippen LogP contribution in [0.1, 0.15) is 18.1 Å². The molecule has 0 saturated carbocycles. The molecule has 0 fully saturated rings. The Bertz CT molecular complexity index is 465. The molecule has 1 rings (SSSR count). The molecule has 3 N–H and O–H groups in total. The number of aliphatic carboxylic acids is 1. The van der Waals surface area contributed by atoms with Gasteiger partial charge in [-0.2, -0.15) is 0 Å². The Hall–Kier alpha value is -1.16. The van der Waals surface area contributed by atoms with E-state index in [2.05, 4.69) is 0 Å². The number of hydrogen-bond acceptors (Lipinski definition) is 2. The van der Waals surface area contributed by atoms with E-state index < -0.39 is 25.6 Å². The lowest BCUT2D eigenvalue weighted by molar-refractivity contribution is -0.141. The summed E-state index contributed by atoms with van der Waals surface area (Å²) in [5.74, 6) is -2.23. The molecule has 0 aliphatic heterocycles. The first-order valence-electron chi connectivity index (χ1n) is 5.67. The van der Waals surface area contributed by atoms with Gasteiger partial charge in [0.1, 0.15) is 0 Å². The zero-order chi connectivity index (χ0) is 13.8. The monoisotopic (exact) mass is 272 g/mol. The first-order chi connectivity index (χ1) is 8.33. The van der Waals surface area contributed by atoms with Crippen LogP contribution in [-0.2, 0) is 22.2 Å². The van der Waals surface area contributed by atoms with Crippen molar-refractivity contribution in [3.8, 4) is 0 Å². The van der Waals surface area contributed by atoms with Crippen LogP contribution in [0.2, 0.25) is 0 Å². The molecule has 1 aromatic carbocycles. The lowest BCUT2D eigenvalue weighted by atomic mass is 9.96. The minimum Gasteiger partial charge on any atom is -0.481 e. The largest absolute Gasteiger partial charge is 0.481 e. The number of benzene rings is 1. The minimum absolute atomic E-state index is 0.143. The van der Waals surface area contributed by atoms with Crippen molar-refractivity contribution in [3.05, 3.63) is 35.4 Å². The zero-order valence-corrected chi connectivity index (χ0v) is 11.0. The molecule has 0 spiro atoms. The van der Waals surface area contributed by atoms with Crippen LogP contribution in [0.3, 0.4) is 0 Å². The Kier molecular flexibility index (Phi) is 5.08. The van der Waals surface area contributed by atoms with Gasteiger partial charge in [-0.15, -0.1) is 0 Å². The van der Waals surface area contributed by atoms with Gasteiger partial charge in [-0.3, -0.25) is 9.36 Å². The van der Waals surface area contributed by atoms with Crippen molar-refractivity contribution in [2.24, 2.45) is 5.92 Å². The predicted molar refractivity (Wildman–Crippen MR) is 67.6 cm³/mol. The molecule has 0 heterocycles. The van der Waals surface area contributed by atoms with Gasteiger partial charge in [0, 0.05) is 0 Å². The fraction of sp³-hybridized carbons (Fsp3) is 0.417. The van der Waals surface area contributed by atoms with Crippen LogP contribution < -0.4 is 0 Å². The highest BCUT2D eigenvalue weighted by Gasteiger charge is 2.27. The van der Waals surface area contributed by atoms with Crippen LogP contribution in [0.25, 0.3) is 0 Å². The van der Waals surface area contributed by atoms with Crippen molar-refractivity contribution in [2.75, 3.05) is 6.16 Å². The van der Waals surface area contributed by atoms with Crippen molar-refractivity contribution in [1.82, 2.24) is 0 Å². The molecular formula is C12H17O5P. The van der Waals surface area contributed by atoms with Gasteiger partial charge in [-0.05, 0) is 24.0 Å². The first kappa shape index (κ1) is 14.9. The number of hydrogen-bond donors (Lipinski definition) is 3. The molecule has 0 saturated heterocycles. The predicted octanol–water partition coefficient (Wildman–Crippen LogP) is 1.67. The maximum atomic E-state index is 11.0. The second-order valence-corrected chi connectivity index (χ2v) is 5.90. The first-order valence-corrected chi connectivity index (χ1v) is 7.47. The highest BCUT2D eigenvalue weighted by Crippen LogP contribution is 2.38. The molecule has 0 amide bonds. The summed E-state index contributed by atoms with van der Waals surface area (Å²) in [5, 5.41) is 9.02. The number of rotatable bonds is 6. The molecule has 1 unspecified atom stereocenters. The highest BCUT2D eigenvalue weighted by molar-refractivity contribution is 7.51. The Labute approximate surface area is 106 Å². The normalized spacial score (nSPS) is 13.3. The highest BCUT2D eigenvalue weighted by atomic mass is 31.2. The Morgan fingerprint density at radius 2 is 1.83 bits per heavy atom. The average Bonchev–Trinajstić information content (AvgIpc) is 2.27. The molecule has 18 heavy (non-hydrogen) atoms. The van der Waals surface area contributed by atoms with Crippen LogP contribution in [0, 0.1) is 5.92 Å². The SMILES string of the molecule is CCc1ccccc1CC(CP(=O)(O)O)C(=O)O. The van der Waals surface area contributed by atoms with Crippen molar-refractivity contribution in [1.29, 1.82) is 0 Å². The Morgan fingerprint density at radius 3 is 2.28 bits per heavy atom. The summed E-state index contributed by atoms with van der Waals surface area (Å²) in [6, 6.07) is 7.35. The van der Waals surface area contributed by atoms with Gasteiger partial charge in [-0.25, -0.2) is 0 Å². The van der Waals surface area contributed by atoms with Crippen LogP contribution in [-0.4, -0.2) is 27.0 Å². The molecule has 0 radical (unpaired) electrons. The fourth-order valence-corrected chi connectivity index (χ4v) is 2.74. The number of carboxylic acids is 1. The fourth-order valence-electron chi connectivity index (χ4n) is 1.88. The second kappa shape index (κ2) is 6.14. The van der Waals surface area contributed by atoms with Gasteiger partial charge in [-0.1, -0.05) is 31.2 Å². The van der Waals surface area contributed by atoms with E-state index in [4.69, 9.17) is 14.9 Å². The molecule has 0 aliphatic rings. The summed E-state index contributed by atoms with van der Waals surface area (Å²) >= 11 is 0. The van der Waals surface area contributed by atoms with Crippen LogP contribution in [0.4, 0.5) is 0 Å². The molecule has 6 heteroatoms. The third-order valence-corrected chi connectivity index (χ3v) is 3.69.